The number of aromatic nitrogens is 1. The molecule has 0 fully saturated rings. The summed E-state index contributed by atoms with van der Waals surface area (Å²) in [6.45, 7) is 0. The zero-order valence-corrected chi connectivity index (χ0v) is 22.6. The molecule has 1 aliphatic carbocycles. The summed E-state index contributed by atoms with van der Waals surface area (Å²) in [5, 5.41) is 12.1. The van der Waals surface area contributed by atoms with E-state index in [1.165, 1.54) is 79.9 Å². The van der Waals surface area contributed by atoms with E-state index in [0.29, 0.717) is 5.92 Å². The van der Waals surface area contributed by atoms with Crippen LogP contribution in [-0.4, -0.2) is 4.98 Å². The van der Waals surface area contributed by atoms with Gasteiger partial charge in [-0.15, -0.1) is 11.3 Å². The quantitative estimate of drug-likeness (QED) is 0.216. The van der Waals surface area contributed by atoms with Crippen LogP contribution in [0.25, 0.3) is 76.0 Å². The summed E-state index contributed by atoms with van der Waals surface area (Å²) in [6.07, 6.45) is 5.98. The number of nitrogens with one attached hydrogen (secondary N) is 1. The van der Waals surface area contributed by atoms with Crippen LogP contribution in [0.15, 0.2) is 115 Å². The second-order valence-corrected chi connectivity index (χ2v) is 12.0. The Morgan fingerprint density at radius 2 is 1.23 bits per heavy atom. The Bertz CT molecular complexity index is 2400. The van der Waals surface area contributed by atoms with E-state index in [0.717, 1.165) is 6.42 Å². The predicted octanol–water partition coefficient (Wildman–Crippen LogP) is 9.26. The summed E-state index contributed by atoms with van der Waals surface area (Å²) in [6, 6.07) is 42.5. The maximum absolute atomic E-state index is 3.69. The Kier molecular flexibility index (Phi) is 4.67. The number of H-pyrrole nitrogens is 1. The van der Waals surface area contributed by atoms with Gasteiger partial charge in [-0.05, 0) is 67.2 Å². The molecule has 1 nitrogen and oxygen atoms in total. The number of thiophene rings is 1. The van der Waals surface area contributed by atoms with Crippen molar-refractivity contribution >= 4 is 76.2 Å². The monoisotopic (exact) mass is 527 g/mol. The molecule has 1 unspecified atom stereocenters. The number of fused-ring (bicyclic) bond motifs is 11. The molecule has 0 radical (unpaired) electrons. The van der Waals surface area contributed by atoms with E-state index >= 15 is 0 Å². The van der Waals surface area contributed by atoms with Gasteiger partial charge in [0.15, 0.2) is 0 Å². The summed E-state index contributed by atoms with van der Waals surface area (Å²) in [7, 11) is 0. The molecular formula is C38H25NS. The van der Waals surface area contributed by atoms with Crippen molar-refractivity contribution in [2.45, 2.75) is 12.3 Å². The molecule has 188 valence electrons. The molecule has 2 heteroatoms. The molecule has 0 saturated heterocycles. The standard InChI is InChI=1S/C38H25NS/c1-2-9-29-27(7-1)28-8-3-4-10-30(28)34-21-25(17-19-31(29)34)23-13-15-24(16-14-23)26-18-20-32-35(22-26)39-38-37(32)33-11-5-6-12-36(33)40-38/h1-16,18-22,25,39H,17H2. The maximum atomic E-state index is 3.69. The fourth-order valence-corrected chi connectivity index (χ4v) is 7.96. The Morgan fingerprint density at radius 3 is 2.00 bits per heavy atom. The highest BCUT2D eigenvalue weighted by atomic mass is 32.1. The fourth-order valence-electron chi connectivity index (χ4n) is 6.83. The lowest BCUT2D eigenvalue weighted by molar-refractivity contribution is 0.924. The summed E-state index contributed by atoms with van der Waals surface area (Å²) in [4.78, 5) is 4.94. The highest BCUT2D eigenvalue weighted by molar-refractivity contribution is 7.25. The van der Waals surface area contributed by atoms with Crippen LogP contribution in [0, 0.1) is 0 Å². The zero-order chi connectivity index (χ0) is 26.2. The van der Waals surface area contributed by atoms with E-state index < -0.39 is 0 Å². The molecule has 0 saturated carbocycles. The van der Waals surface area contributed by atoms with Crippen molar-refractivity contribution in [3.8, 4) is 11.1 Å². The van der Waals surface area contributed by atoms with Crippen LogP contribution >= 0.6 is 11.3 Å². The van der Waals surface area contributed by atoms with E-state index in [1.54, 1.807) is 0 Å². The minimum atomic E-state index is 0.372. The smallest absolute Gasteiger partial charge is 0.102 e. The first kappa shape index (κ1) is 22.2. The Balaban J connectivity index is 1.11. The van der Waals surface area contributed by atoms with E-state index in [1.807, 2.05) is 11.3 Å². The second-order valence-electron chi connectivity index (χ2n) is 10.9. The normalized spacial score (nSPS) is 15.1. The first-order chi connectivity index (χ1) is 19.8. The van der Waals surface area contributed by atoms with E-state index in [-0.39, 0.29) is 0 Å². The summed E-state index contributed by atoms with van der Waals surface area (Å²) < 4.78 is 1.34. The van der Waals surface area contributed by atoms with Crippen molar-refractivity contribution in [2.75, 3.05) is 0 Å². The minimum Gasteiger partial charge on any atom is -0.346 e. The Morgan fingerprint density at radius 1 is 0.575 bits per heavy atom. The number of rotatable bonds is 2. The highest BCUT2D eigenvalue weighted by Crippen LogP contribution is 2.39. The molecule has 6 aromatic carbocycles. The third-order valence-corrected chi connectivity index (χ3v) is 9.85. The fraction of sp³-hybridized carbons (Fsp3) is 0.0526. The summed E-state index contributed by atoms with van der Waals surface area (Å²) in [5.41, 5.74) is 5.08. The van der Waals surface area contributed by atoms with Gasteiger partial charge in [-0.3, -0.25) is 0 Å². The van der Waals surface area contributed by atoms with Gasteiger partial charge in [0.2, 0.25) is 0 Å². The van der Waals surface area contributed by atoms with Gasteiger partial charge in [0.25, 0.3) is 0 Å². The second kappa shape index (κ2) is 8.42. The SMILES string of the molecule is C1=c2c(c3ccccc3c3ccccc23)=CC(c2ccc(-c3ccc4c(c3)[nH]c3sc5ccccc5c34)cc2)C1. The lowest BCUT2D eigenvalue weighted by Gasteiger charge is -2.18. The van der Waals surface area contributed by atoms with Gasteiger partial charge in [-0.25, -0.2) is 0 Å². The minimum absolute atomic E-state index is 0.372. The van der Waals surface area contributed by atoms with Crippen molar-refractivity contribution in [3.05, 3.63) is 131 Å². The molecule has 0 bridgehead atoms. The number of hydrogen-bond donors (Lipinski definition) is 1. The van der Waals surface area contributed by atoms with Crippen LogP contribution in [0.2, 0.25) is 0 Å². The number of benzene rings is 6. The molecule has 1 aliphatic rings. The third kappa shape index (κ3) is 3.20. The molecule has 2 aromatic heterocycles. The highest BCUT2D eigenvalue weighted by Gasteiger charge is 2.15. The van der Waals surface area contributed by atoms with Crippen LogP contribution in [-0.2, 0) is 0 Å². The van der Waals surface area contributed by atoms with E-state index in [4.69, 9.17) is 0 Å². The van der Waals surface area contributed by atoms with E-state index in [2.05, 4.69) is 132 Å². The largest absolute Gasteiger partial charge is 0.346 e. The predicted molar refractivity (Wildman–Crippen MR) is 174 cm³/mol. The average molecular weight is 528 g/mol. The first-order valence-electron chi connectivity index (χ1n) is 14.0. The topological polar surface area (TPSA) is 15.8 Å². The van der Waals surface area contributed by atoms with E-state index in [9.17, 15) is 0 Å². The molecule has 8 aromatic rings. The molecule has 0 spiro atoms. The van der Waals surface area contributed by atoms with Crippen molar-refractivity contribution < 1.29 is 0 Å². The molecule has 0 aliphatic heterocycles. The molecule has 1 atom stereocenters. The van der Waals surface area contributed by atoms with Gasteiger partial charge < -0.3 is 4.98 Å². The van der Waals surface area contributed by atoms with Gasteiger partial charge in [-0.1, -0.05) is 115 Å². The van der Waals surface area contributed by atoms with Crippen LogP contribution in [0.5, 0.6) is 0 Å². The lowest BCUT2D eigenvalue weighted by atomic mass is 9.86. The average Bonchev–Trinajstić information content (AvgIpc) is 3.56. The van der Waals surface area contributed by atoms with Crippen LogP contribution in [0.1, 0.15) is 17.9 Å². The zero-order valence-electron chi connectivity index (χ0n) is 21.8. The van der Waals surface area contributed by atoms with Gasteiger partial charge in [0.05, 0.1) is 0 Å². The Hall–Kier alpha value is -4.66. The van der Waals surface area contributed by atoms with Crippen molar-refractivity contribution in [1.82, 2.24) is 4.98 Å². The number of hydrogen-bond acceptors (Lipinski definition) is 1. The molecule has 0 amide bonds. The van der Waals surface area contributed by atoms with Gasteiger partial charge in [-0.2, -0.15) is 0 Å². The van der Waals surface area contributed by atoms with Gasteiger partial charge in [0.1, 0.15) is 4.83 Å². The van der Waals surface area contributed by atoms with Crippen LogP contribution in [0.4, 0.5) is 0 Å². The van der Waals surface area contributed by atoms with Crippen LogP contribution < -0.4 is 10.4 Å². The van der Waals surface area contributed by atoms with Crippen LogP contribution in [0.3, 0.4) is 0 Å². The maximum Gasteiger partial charge on any atom is 0.102 e. The summed E-state index contributed by atoms with van der Waals surface area (Å²) in [5.74, 6) is 0.372. The molecule has 40 heavy (non-hydrogen) atoms. The van der Waals surface area contributed by atoms with Crippen molar-refractivity contribution in [3.63, 3.8) is 0 Å². The summed E-state index contributed by atoms with van der Waals surface area (Å²) >= 11 is 1.84. The molecular weight excluding hydrogens is 502 g/mol. The van der Waals surface area contributed by atoms with Crippen molar-refractivity contribution in [2.24, 2.45) is 0 Å². The third-order valence-electron chi connectivity index (χ3n) is 8.76. The molecule has 1 N–H and O–H groups in total. The molecule has 9 rings (SSSR count). The Labute approximate surface area is 235 Å². The first-order valence-corrected chi connectivity index (χ1v) is 14.8. The van der Waals surface area contributed by atoms with Gasteiger partial charge >= 0.3 is 0 Å². The lowest BCUT2D eigenvalue weighted by Crippen LogP contribution is -2.30. The molecule has 2 heterocycles. The number of aromatic amines is 1. The van der Waals surface area contributed by atoms with Gasteiger partial charge in [0, 0.05) is 32.3 Å². The van der Waals surface area contributed by atoms with Crippen molar-refractivity contribution in [1.29, 1.82) is 0 Å².